The molecule has 0 aliphatic heterocycles. The number of carbonyl (C=O) groups is 1. The number of halogens is 1. The molecule has 2 aliphatic carbocycles. The molecule has 0 spiro atoms. The topological polar surface area (TPSA) is 37.3 Å². The molecular formula is C14H15FO2. The molecule has 0 aromatic heterocycles. The number of benzene rings is 1. The van der Waals surface area contributed by atoms with Crippen molar-refractivity contribution in [2.24, 2.45) is 11.8 Å². The highest BCUT2D eigenvalue weighted by Gasteiger charge is 2.65. The first-order valence-corrected chi connectivity index (χ1v) is 6.14. The number of hydrogen-bond acceptors (Lipinski definition) is 1. The van der Waals surface area contributed by atoms with E-state index in [0.717, 1.165) is 19.3 Å². The van der Waals surface area contributed by atoms with Crippen LogP contribution in [-0.4, -0.2) is 11.1 Å². The number of carboxylic acid groups (broad SMARTS) is 1. The molecule has 0 amide bonds. The second kappa shape index (κ2) is 3.56. The fourth-order valence-electron chi connectivity index (χ4n) is 3.32. The minimum Gasteiger partial charge on any atom is -0.481 e. The summed E-state index contributed by atoms with van der Waals surface area (Å²) in [6.07, 6.45) is 3.83. The molecule has 1 aromatic rings. The monoisotopic (exact) mass is 234 g/mol. The first-order valence-electron chi connectivity index (χ1n) is 6.14. The maximum atomic E-state index is 13.9. The van der Waals surface area contributed by atoms with Gasteiger partial charge in [-0.05, 0) is 36.8 Å². The third kappa shape index (κ3) is 1.41. The number of rotatable bonds is 3. The molecule has 0 radical (unpaired) electrons. The molecule has 2 aliphatic rings. The Labute approximate surface area is 99.5 Å². The maximum absolute atomic E-state index is 13.9. The number of hydrogen-bond donors (Lipinski definition) is 1. The molecule has 1 aromatic carbocycles. The summed E-state index contributed by atoms with van der Waals surface area (Å²) >= 11 is 0. The van der Waals surface area contributed by atoms with E-state index in [2.05, 4.69) is 0 Å². The van der Waals surface area contributed by atoms with Crippen LogP contribution in [0.2, 0.25) is 0 Å². The molecule has 1 unspecified atom stereocenters. The Hall–Kier alpha value is -1.38. The molecule has 2 fully saturated rings. The third-order valence-corrected chi connectivity index (χ3v) is 4.51. The van der Waals surface area contributed by atoms with Crippen molar-refractivity contribution >= 4 is 5.97 Å². The fraction of sp³-hybridized carbons (Fsp3) is 0.500. The average Bonchev–Trinajstić information content (AvgIpc) is 2.92. The maximum Gasteiger partial charge on any atom is 0.307 e. The zero-order chi connectivity index (χ0) is 12.0. The normalized spacial score (nSPS) is 31.9. The van der Waals surface area contributed by atoms with Crippen molar-refractivity contribution in [3.63, 3.8) is 0 Å². The molecule has 1 N–H and O–H groups in total. The molecule has 3 rings (SSSR count). The summed E-state index contributed by atoms with van der Waals surface area (Å²) < 4.78 is 13.9. The van der Waals surface area contributed by atoms with Crippen LogP contribution in [0.5, 0.6) is 0 Å². The summed E-state index contributed by atoms with van der Waals surface area (Å²) in [5.74, 6) is -1.05. The average molecular weight is 234 g/mol. The van der Waals surface area contributed by atoms with Gasteiger partial charge in [0.25, 0.3) is 0 Å². The van der Waals surface area contributed by atoms with Gasteiger partial charge in [-0.25, -0.2) is 4.39 Å². The van der Waals surface area contributed by atoms with Gasteiger partial charge in [0.15, 0.2) is 0 Å². The standard InChI is InChI=1S/C14H15FO2/c15-12-7-2-1-6-10(12)14(9-4-3-5-9)8-11(14)13(16)17/h1-2,6-7,9,11H,3-5,8H2,(H,16,17)/t11-,14?/m0/s1. The molecule has 0 saturated heterocycles. The van der Waals surface area contributed by atoms with Gasteiger partial charge in [0.2, 0.25) is 0 Å². The van der Waals surface area contributed by atoms with E-state index in [1.807, 2.05) is 0 Å². The predicted octanol–water partition coefficient (Wildman–Crippen LogP) is 2.97. The Morgan fingerprint density at radius 2 is 2.06 bits per heavy atom. The largest absolute Gasteiger partial charge is 0.481 e. The molecule has 2 atom stereocenters. The van der Waals surface area contributed by atoms with Crippen molar-refractivity contribution in [3.8, 4) is 0 Å². The molecule has 3 heteroatoms. The highest BCUT2D eigenvalue weighted by Crippen LogP contribution is 2.64. The van der Waals surface area contributed by atoms with Crippen LogP contribution < -0.4 is 0 Å². The fourth-order valence-corrected chi connectivity index (χ4v) is 3.32. The highest BCUT2D eigenvalue weighted by atomic mass is 19.1. The van der Waals surface area contributed by atoms with Crippen LogP contribution >= 0.6 is 0 Å². The molecule has 2 saturated carbocycles. The van der Waals surface area contributed by atoms with Crippen molar-refractivity contribution < 1.29 is 14.3 Å². The Morgan fingerprint density at radius 3 is 2.53 bits per heavy atom. The molecule has 17 heavy (non-hydrogen) atoms. The molecule has 90 valence electrons. The second-order valence-corrected chi connectivity index (χ2v) is 5.24. The summed E-state index contributed by atoms with van der Waals surface area (Å²) in [5.41, 5.74) is 0.215. The van der Waals surface area contributed by atoms with Gasteiger partial charge in [0, 0.05) is 5.41 Å². The van der Waals surface area contributed by atoms with E-state index in [-0.39, 0.29) is 11.7 Å². The summed E-state index contributed by atoms with van der Waals surface area (Å²) in [6.45, 7) is 0. The van der Waals surface area contributed by atoms with Crippen molar-refractivity contribution in [2.75, 3.05) is 0 Å². The zero-order valence-electron chi connectivity index (χ0n) is 9.53. The lowest BCUT2D eigenvalue weighted by molar-refractivity contribution is -0.139. The van der Waals surface area contributed by atoms with Gasteiger partial charge in [0.1, 0.15) is 5.82 Å². The third-order valence-electron chi connectivity index (χ3n) is 4.51. The quantitative estimate of drug-likeness (QED) is 0.873. The zero-order valence-corrected chi connectivity index (χ0v) is 9.53. The predicted molar refractivity (Wildman–Crippen MR) is 61.2 cm³/mol. The Bertz CT molecular complexity index is 467. The van der Waals surface area contributed by atoms with Gasteiger partial charge in [-0.3, -0.25) is 4.79 Å². The van der Waals surface area contributed by atoms with Gasteiger partial charge in [-0.1, -0.05) is 24.6 Å². The van der Waals surface area contributed by atoms with Crippen LogP contribution in [-0.2, 0) is 10.2 Å². The van der Waals surface area contributed by atoms with E-state index < -0.39 is 11.4 Å². The lowest BCUT2D eigenvalue weighted by atomic mass is 9.69. The van der Waals surface area contributed by atoms with Crippen LogP contribution in [0.4, 0.5) is 4.39 Å². The van der Waals surface area contributed by atoms with Crippen molar-refractivity contribution in [3.05, 3.63) is 35.6 Å². The van der Waals surface area contributed by atoms with Crippen molar-refractivity contribution in [2.45, 2.75) is 31.1 Å². The van der Waals surface area contributed by atoms with E-state index in [1.54, 1.807) is 18.2 Å². The van der Waals surface area contributed by atoms with Crippen molar-refractivity contribution in [1.82, 2.24) is 0 Å². The number of carboxylic acids is 1. The van der Waals surface area contributed by atoms with E-state index >= 15 is 0 Å². The first-order chi connectivity index (χ1) is 8.16. The van der Waals surface area contributed by atoms with Gasteiger partial charge >= 0.3 is 5.97 Å². The summed E-state index contributed by atoms with van der Waals surface area (Å²) in [7, 11) is 0. The van der Waals surface area contributed by atoms with Crippen LogP contribution in [0, 0.1) is 17.7 Å². The molecular weight excluding hydrogens is 219 g/mol. The second-order valence-electron chi connectivity index (χ2n) is 5.24. The minimum absolute atomic E-state index is 0.247. The molecule has 0 bridgehead atoms. The van der Waals surface area contributed by atoms with E-state index in [9.17, 15) is 14.3 Å². The first kappa shape index (κ1) is 10.8. The minimum atomic E-state index is -0.778. The summed E-state index contributed by atoms with van der Waals surface area (Å²) in [6, 6.07) is 6.66. The van der Waals surface area contributed by atoms with E-state index in [4.69, 9.17) is 0 Å². The van der Waals surface area contributed by atoms with Crippen LogP contribution in [0.25, 0.3) is 0 Å². The summed E-state index contributed by atoms with van der Waals surface area (Å²) in [5, 5.41) is 9.19. The van der Waals surface area contributed by atoms with E-state index in [1.165, 1.54) is 6.07 Å². The Balaban J connectivity index is 2.01. The molecule has 2 nitrogen and oxygen atoms in total. The summed E-state index contributed by atoms with van der Waals surface area (Å²) in [4.78, 5) is 11.2. The smallest absolute Gasteiger partial charge is 0.307 e. The number of aliphatic carboxylic acids is 1. The lowest BCUT2D eigenvalue weighted by Gasteiger charge is -2.35. The Kier molecular flexibility index (Phi) is 2.25. The van der Waals surface area contributed by atoms with Crippen LogP contribution in [0.3, 0.4) is 0 Å². The van der Waals surface area contributed by atoms with E-state index in [0.29, 0.717) is 17.9 Å². The van der Waals surface area contributed by atoms with Crippen LogP contribution in [0.1, 0.15) is 31.2 Å². The molecule has 0 heterocycles. The van der Waals surface area contributed by atoms with Crippen LogP contribution in [0.15, 0.2) is 24.3 Å². The SMILES string of the molecule is O=C(O)[C@@H]1CC1(c1ccccc1F)C1CCC1. The van der Waals surface area contributed by atoms with Gasteiger partial charge in [-0.2, -0.15) is 0 Å². The van der Waals surface area contributed by atoms with Crippen molar-refractivity contribution in [1.29, 1.82) is 0 Å². The lowest BCUT2D eigenvalue weighted by Crippen LogP contribution is -2.31. The Morgan fingerprint density at radius 1 is 1.35 bits per heavy atom. The van der Waals surface area contributed by atoms with Gasteiger partial charge in [-0.15, -0.1) is 0 Å². The van der Waals surface area contributed by atoms with Gasteiger partial charge < -0.3 is 5.11 Å². The van der Waals surface area contributed by atoms with Gasteiger partial charge in [0.05, 0.1) is 5.92 Å². The highest BCUT2D eigenvalue weighted by molar-refractivity contribution is 5.77.